The first-order chi connectivity index (χ1) is 11.9. The Labute approximate surface area is 144 Å². The van der Waals surface area contributed by atoms with E-state index in [2.05, 4.69) is 15.1 Å². The lowest BCUT2D eigenvalue weighted by Gasteiger charge is -2.11. The summed E-state index contributed by atoms with van der Waals surface area (Å²) in [4.78, 5) is 7.70. The Morgan fingerprint density at radius 2 is 1.88 bits per heavy atom. The van der Waals surface area contributed by atoms with E-state index in [0.29, 0.717) is 11.2 Å². The van der Waals surface area contributed by atoms with E-state index < -0.39 is 11.7 Å². The van der Waals surface area contributed by atoms with Gasteiger partial charge >= 0.3 is 12.2 Å². The first-order valence-corrected chi connectivity index (χ1v) is 7.07. The molecule has 0 saturated carbocycles. The van der Waals surface area contributed by atoms with Gasteiger partial charge in [0.05, 0.1) is 34.7 Å². The minimum atomic E-state index is -4.56. The Kier molecular flexibility index (Phi) is 4.29. The normalized spacial score (nSPS) is 11.2. The molecule has 0 atom stereocenters. The molecule has 0 radical (unpaired) electrons. The van der Waals surface area contributed by atoms with Crippen LogP contribution >= 0.6 is 11.6 Å². The van der Waals surface area contributed by atoms with E-state index in [1.54, 1.807) is 0 Å². The number of ether oxygens (including phenoxy) is 1. The highest BCUT2D eigenvalue weighted by Gasteiger charge is 2.32. The highest BCUT2D eigenvalue weighted by molar-refractivity contribution is 6.30. The van der Waals surface area contributed by atoms with Crippen molar-refractivity contribution >= 4 is 11.6 Å². The summed E-state index contributed by atoms with van der Waals surface area (Å²) >= 11 is 5.69. The summed E-state index contributed by atoms with van der Waals surface area (Å²) < 4.78 is 44.8. The third-order valence-electron chi connectivity index (χ3n) is 3.06. The lowest BCUT2D eigenvalue weighted by Crippen LogP contribution is -2.04. The number of benzene rings is 1. The van der Waals surface area contributed by atoms with E-state index in [4.69, 9.17) is 16.3 Å². The summed E-state index contributed by atoms with van der Waals surface area (Å²) in [6.45, 7) is 0. The molecule has 3 aromatic rings. The molecule has 126 valence electrons. The molecule has 2 heterocycles. The first kappa shape index (κ1) is 16.7. The van der Waals surface area contributed by atoms with Crippen molar-refractivity contribution in [3.8, 4) is 23.5 Å². The lowest BCUT2D eigenvalue weighted by molar-refractivity contribution is -0.137. The van der Waals surface area contributed by atoms with Crippen molar-refractivity contribution in [2.24, 2.45) is 0 Å². The van der Waals surface area contributed by atoms with E-state index >= 15 is 0 Å². The molecule has 0 spiro atoms. The summed E-state index contributed by atoms with van der Waals surface area (Å²) in [5, 5.41) is 13.2. The molecule has 10 heteroatoms. The fraction of sp³-hybridized carbons (Fsp3) is 0.0667. The van der Waals surface area contributed by atoms with Crippen LogP contribution in [0, 0.1) is 11.3 Å². The van der Waals surface area contributed by atoms with Crippen molar-refractivity contribution in [2.45, 2.75) is 6.18 Å². The number of hydrogen-bond acceptors (Lipinski definition) is 5. The maximum absolute atomic E-state index is 12.8. The standard InChI is InChI=1S/C15H7ClF3N5O/c16-11-6-21-14(22-7-11)25-12-3-1-2-9(4-20)13(12)24-8-10(5-23-24)15(17,18)19/h1-3,5-8H. The molecule has 0 bridgehead atoms. The zero-order valence-corrected chi connectivity index (χ0v) is 13.0. The fourth-order valence-electron chi connectivity index (χ4n) is 1.97. The largest absolute Gasteiger partial charge is 0.422 e. The molecule has 0 aliphatic rings. The predicted molar refractivity (Wildman–Crippen MR) is 80.4 cm³/mol. The SMILES string of the molecule is N#Cc1cccc(Oc2ncc(Cl)cn2)c1-n1cc(C(F)(F)F)cn1. The van der Waals surface area contributed by atoms with Gasteiger partial charge in [0.15, 0.2) is 5.75 Å². The van der Waals surface area contributed by atoms with Gasteiger partial charge in [-0.05, 0) is 12.1 Å². The topological polar surface area (TPSA) is 76.6 Å². The quantitative estimate of drug-likeness (QED) is 0.701. The summed E-state index contributed by atoms with van der Waals surface area (Å²) in [7, 11) is 0. The maximum Gasteiger partial charge on any atom is 0.419 e. The van der Waals surface area contributed by atoms with Gasteiger partial charge in [-0.15, -0.1) is 0 Å². The zero-order valence-electron chi connectivity index (χ0n) is 12.2. The van der Waals surface area contributed by atoms with Crippen molar-refractivity contribution in [1.29, 1.82) is 5.26 Å². The number of rotatable bonds is 3. The van der Waals surface area contributed by atoms with E-state index in [1.807, 2.05) is 6.07 Å². The van der Waals surface area contributed by atoms with Crippen LogP contribution in [0.2, 0.25) is 5.02 Å². The molecular formula is C15H7ClF3N5O. The second kappa shape index (κ2) is 6.41. The Balaban J connectivity index is 2.07. The summed E-state index contributed by atoms with van der Waals surface area (Å²) in [5.41, 5.74) is -0.837. The molecule has 1 aromatic carbocycles. The zero-order chi connectivity index (χ0) is 18.0. The van der Waals surface area contributed by atoms with Gasteiger partial charge in [-0.1, -0.05) is 17.7 Å². The van der Waals surface area contributed by atoms with Gasteiger partial charge in [-0.3, -0.25) is 0 Å². The summed E-state index contributed by atoms with van der Waals surface area (Å²) in [5.74, 6) is 0.0678. The van der Waals surface area contributed by atoms with Gasteiger partial charge in [-0.2, -0.15) is 23.5 Å². The third-order valence-corrected chi connectivity index (χ3v) is 3.25. The van der Waals surface area contributed by atoms with Crippen LogP contribution in [-0.4, -0.2) is 19.7 Å². The third kappa shape index (κ3) is 3.54. The van der Waals surface area contributed by atoms with Crippen LogP contribution < -0.4 is 4.74 Å². The molecular weight excluding hydrogens is 359 g/mol. The molecule has 6 nitrogen and oxygen atoms in total. The molecule has 0 N–H and O–H groups in total. The number of para-hydroxylation sites is 1. The number of hydrogen-bond donors (Lipinski definition) is 0. The minimum absolute atomic E-state index is 0.0408. The van der Waals surface area contributed by atoms with Gasteiger partial charge in [0.25, 0.3) is 0 Å². The number of halogens is 4. The van der Waals surface area contributed by atoms with Crippen LogP contribution in [0.15, 0.2) is 43.0 Å². The number of nitriles is 1. The molecule has 0 fully saturated rings. The second-order valence-electron chi connectivity index (χ2n) is 4.72. The van der Waals surface area contributed by atoms with Gasteiger partial charge in [0, 0.05) is 6.20 Å². The number of nitrogens with zero attached hydrogens (tertiary/aromatic N) is 5. The van der Waals surface area contributed by atoms with Crippen LogP contribution in [-0.2, 0) is 6.18 Å². The van der Waals surface area contributed by atoms with Crippen molar-refractivity contribution in [2.75, 3.05) is 0 Å². The van der Waals surface area contributed by atoms with E-state index in [-0.39, 0.29) is 23.0 Å². The van der Waals surface area contributed by atoms with Gasteiger partial charge in [0.2, 0.25) is 0 Å². The van der Waals surface area contributed by atoms with Gasteiger partial charge in [0.1, 0.15) is 11.8 Å². The van der Waals surface area contributed by atoms with Crippen LogP contribution in [0.25, 0.3) is 5.69 Å². The number of alkyl halides is 3. The number of aromatic nitrogens is 4. The highest BCUT2D eigenvalue weighted by atomic mass is 35.5. The molecule has 3 rings (SSSR count). The van der Waals surface area contributed by atoms with Crippen LogP contribution in [0.4, 0.5) is 13.2 Å². The molecule has 0 aliphatic heterocycles. The first-order valence-electron chi connectivity index (χ1n) is 6.69. The monoisotopic (exact) mass is 365 g/mol. The molecule has 0 unspecified atom stereocenters. The van der Waals surface area contributed by atoms with Crippen molar-refractivity contribution in [3.05, 3.63) is 59.1 Å². The van der Waals surface area contributed by atoms with Crippen molar-refractivity contribution in [1.82, 2.24) is 19.7 Å². The highest BCUT2D eigenvalue weighted by Crippen LogP contribution is 2.33. The maximum atomic E-state index is 12.8. The van der Waals surface area contributed by atoms with Gasteiger partial charge < -0.3 is 4.74 Å². The van der Waals surface area contributed by atoms with E-state index in [9.17, 15) is 18.4 Å². The summed E-state index contributed by atoms with van der Waals surface area (Å²) in [6.07, 6.45) is -0.524. The smallest absolute Gasteiger partial charge is 0.419 e. The van der Waals surface area contributed by atoms with Crippen LogP contribution in [0.5, 0.6) is 11.8 Å². The Bertz CT molecular complexity index is 947. The average molecular weight is 366 g/mol. The van der Waals surface area contributed by atoms with Crippen LogP contribution in [0.1, 0.15) is 11.1 Å². The van der Waals surface area contributed by atoms with Crippen LogP contribution in [0.3, 0.4) is 0 Å². The minimum Gasteiger partial charge on any atom is -0.422 e. The van der Waals surface area contributed by atoms with E-state index in [1.165, 1.54) is 30.6 Å². The Hall–Kier alpha value is -3.12. The van der Waals surface area contributed by atoms with E-state index in [0.717, 1.165) is 10.9 Å². The summed E-state index contributed by atoms with van der Waals surface area (Å²) in [6, 6.07) is 6.22. The molecule has 0 saturated heterocycles. The molecule has 0 amide bonds. The lowest BCUT2D eigenvalue weighted by atomic mass is 10.2. The second-order valence-corrected chi connectivity index (χ2v) is 5.16. The fourth-order valence-corrected chi connectivity index (χ4v) is 2.07. The van der Waals surface area contributed by atoms with Crippen molar-refractivity contribution in [3.63, 3.8) is 0 Å². The average Bonchev–Trinajstić information content (AvgIpc) is 3.06. The van der Waals surface area contributed by atoms with Crippen molar-refractivity contribution < 1.29 is 17.9 Å². The molecule has 2 aromatic heterocycles. The Morgan fingerprint density at radius 3 is 2.48 bits per heavy atom. The molecule has 0 aliphatic carbocycles. The van der Waals surface area contributed by atoms with Gasteiger partial charge in [-0.25, -0.2) is 14.6 Å². The predicted octanol–water partition coefficient (Wildman–Crippen LogP) is 4.00. The molecule has 25 heavy (non-hydrogen) atoms. The Morgan fingerprint density at radius 1 is 1.16 bits per heavy atom.